The van der Waals surface area contributed by atoms with Crippen LogP contribution in [0.25, 0.3) is 11.1 Å². The monoisotopic (exact) mass is 355 g/mol. The summed E-state index contributed by atoms with van der Waals surface area (Å²) in [5, 5.41) is 0. The fourth-order valence-electron chi connectivity index (χ4n) is 2.51. The molecule has 0 bridgehead atoms. The molecule has 0 aromatic heterocycles. The lowest BCUT2D eigenvalue weighted by molar-refractivity contribution is 0.601. The highest BCUT2D eigenvalue weighted by atomic mass is 32.2. The van der Waals surface area contributed by atoms with Gasteiger partial charge in [-0.05, 0) is 59.5 Å². The van der Waals surface area contributed by atoms with Gasteiger partial charge >= 0.3 is 0 Å². The van der Waals surface area contributed by atoms with E-state index in [2.05, 4.69) is 4.72 Å². The van der Waals surface area contributed by atoms with Crippen LogP contribution in [0.1, 0.15) is 12.5 Å². The second kappa shape index (κ2) is 7.07. The molecule has 0 amide bonds. The third-order valence-corrected chi connectivity index (χ3v) is 5.32. The fraction of sp³-hybridized carbons (Fsp3) is 0.100. The summed E-state index contributed by atoms with van der Waals surface area (Å²) in [6.45, 7) is 2.04. The van der Waals surface area contributed by atoms with Crippen molar-refractivity contribution in [1.82, 2.24) is 0 Å². The van der Waals surface area contributed by atoms with Crippen LogP contribution in [0.5, 0.6) is 0 Å². The summed E-state index contributed by atoms with van der Waals surface area (Å²) in [6, 6.07) is 19.8. The van der Waals surface area contributed by atoms with Gasteiger partial charge in [-0.25, -0.2) is 12.8 Å². The van der Waals surface area contributed by atoms with Crippen molar-refractivity contribution < 1.29 is 12.8 Å². The Morgan fingerprint density at radius 3 is 2.20 bits per heavy atom. The van der Waals surface area contributed by atoms with Crippen LogP contribution in [-0.4, -0.2) is 8.42 Å². The van der Waals surface area contributed by atoms with Crippen LogP contribution in [0.2, 0.25) is 0 Å². The number of halogens is 1. The summed E-state index contributed by atoms with van der Waals surface area (Å²) in [6.07, 6.45) is 0.896. The minimum atomic E-state index is -3.70. The second-order valence-electron chi connectivity index (χ2n) is 5.69. The number of anilines is 1. The van der Waals surface area contributed by atoms with E-state index in [9.17, 15) is 12.8 Å². The Balaban J connectivity index is 1.89. The zero-order chi connectivity index (χ0) is 17.9. The van der Waals surface area contributed by atoms with Gasteiger partial charge in [0.1, 0.15) is 5.82 Å². The highest BCUT2D eigenvalue weighted by Gasteiger charge is 2.15. The summed E-state index contributed by atoms with van der Waals surface area (Å²) >= 11 is 0. The summed E-state index contributed by atoms with van der Waals surface area (Å²) in [5.74, 6) is -0.329. The van der Waals surface area contributed by atoms with Crippen LogP contribution >= 0.6 is 0 Å². The van der Waals surface area contributed by atoms with Crippen molar-refractivity contribution >= 4 is 15.7 Å². The van der Waals surface area contributed by atoms with E-state index in [4.69, 9.17) is 0 Å². The van der Waals surface area contributed by atoms with Gasteiger partial charge in [-0.3, -0.25) is 4.72 Å². The first-order valence-corrected chi connectivity index (χ1v) is 9.44. The lowest BCUT2D eigenvalue weighted by Crippen LogP contribution is -2.13. The number of hydrogen-bond acceptors (Lipinski definition) is 2. The lowest BCUT2D eigenvalue weighted by atomic mass is 10.1. The highest BCUT2D eigenvalue weighted by Crippen LogP contribution is 2.24. The normalized spacial score (nSPS) is 11.3. The first kappa shape index (κ1) is 17.2. The summed E-state index contributed by atoms with van der Waals surface area (Å²) < 4.78 is 40.9. The molecule has 0 unspecified atom stereocenters. The molecule has 3 aromatic carbocycles. The molecule has 0 radical (unpaired) electrons. The molecule has 0 saturated carbocycles. The maximum Gasteiger partial charge on any atom is 0.261 e. The molecule has 5 heteroatoms. The summed E-state index contributed by atoms with van der Waals surface area (Å²) in [4.78, 5) is 0.161. The molecule has 3 aromatic rings. The SMILES string of the molecule is CCc1ccc(NS(=O)(=O)c2cccc(-c3ccc(F)cc3)c2)cc1. The molecule has 0 aliphatic carbocycles. The van der Waals surface area contributed by atoms with Gasteiger partial charge in [0, 0.05) is 5.69 Å². The van der Waals surface area contributed by atoms with Crippen molar-refractivity contribution in [2.75, 3.05) is 4.72 Å². The largest absolute Gasteiger partial charge is 0.280 e. The number of nitrogens with one attached hydrogen (secondary N) is 1. The zero-order valence-electron chi connectivity index (χ0n) is 13.7. The number of benzene rings is 3. The lowest BCUT2D eigenvalue weighted by Gasteiger charge is -2.10. The Morgan fingerprint density at radius 2 is 1.56 bits per heavy atom. The zero-order valence-corrected chi connectivity index (χ0v) is 14.6. The molecule has 0 atom stereocenters. The van der Waals surface area contributed by atoms with Crippen LogP contribution in [0.4, 0.5) is 10.1 Å². The molecule has 0 heterocycles. The number of sulfonamides is 1. The predicted octanol–water partition coefficient (Wildman–Crippen LogP) is 4.86. The van der Waals surface area contributed by atoms with E-state index >= 15 is 0 Å². The molecule has 0 fully saturated rings. The Labute approximate surface area is 147 Å². The van der Waals surface area contributed by atoms with E-state index < -0.39 is 10.0 Å². The van der Waals surface area contributed by atoms with Crippen LogP contribution in [0, 0.1) is 5.82 Å². The van der Waals surface area contributed by atoms with E-state index in [1.54, 1.807) is 42.5 Å². The van der Waals surface area contributed by atoms with E-state index in [1.165, 1.54) is 18.2 Å². The van der Waals surface area contributed by atoms with E-state index in [1.807, 2.05) is 19.1 Å². The van der Waals surface area contributed by atoms with Gasteiger partial charge in [-0.15, -0.1) is 0 Å². The van der Waals surface area contributed by atoms with Crippen LogP contribution in [-0.2, 0) is 16.4 Å². The standard InChI is InChI=1S/C20H18FNO2S/c1-2-15-6-12-19(13-7-15)22-25(23,24)20-5-3-4-17(14-20)16-8-10-18(21)11-9-16/h3-14,22H,2H2,1H3. The van der Waals surface area contributed by atoms with Crippen molar-refractivity contribution in [2.45, 2.75) is 18.2 Å². The molecule has 0 aliphatic rings. The molecule has 0 saturated heterocycles. The topological polar surface area (TPSA) is 46.2 Å². The van der Waals surface area contributed by atoms with Crippen molar-refractivity contribution in [3.8, 4) is 11.1 Å². The van der Waals surface area contributed by atoms with Gasteiger partial charge < -0.3 is 0 Å². The highest BCUT2D eigenvalue weighted by molar-refractivity contribution is 7.92. The molecule has 0 aliphatic heterocycles. The van der Waals surface area contributed by atoms with Gasteiger partial charge in [0.15, 0.2) is 0 Å². The maximum absolute atomic E-state index is 13.1. The van der Waals surface area contributed by atoms with Gasteiger partial charge in [0.25, 0.3) is 10.0 Å². The number of aryl methyl sites for hydroxylation is 1. The van der Waals surface area contributed by atoms with E-state index in [-0.39, 0.29) is 10.7 Å². The third-order valence-electron chi connectivity index (χ3n) is 3.94. The number of rotatable bonds is 5. The first-order valence-electron chi connectivity index (χ1n) is 7.96. The van der Waals surface area contributed by atoms with Gasteiger partial charge in [-0.1, -0.05) is 43.3 Å². The van der Waals surface area contributed by atoms with Crippen LogP contribution < -0.4 is 4.72 Å². The summed E-state index contributed by atoms with van der Waals surface area (Å²) in [7, 11) is -3.70. The predicted molar refractivity (Wildman–Crippen MR) is 98.5 cm³/mol. The molecule has 128 valence electrons. The molecule has 25 heavy (non-hydrogen) atoms. The Kier molecular flexibility index (Phi) is 4.86. The van der Waals surface area contributed by atoms with Crippen molar-refractivity contribution in [2.24, 2.45) is 0 Å². The Hall–Kier alpha value is -2.66. The average molecular weight is 355 g/mol. The molecule has 3 rings (SSSR count). The molecule has 0 spiro atoms. The smallest absolute Gasteiger partial charge is 0.261 e. The fourth-order valence-corrected chi connectivity index (χ4v) is 3.61. The van der Waals surface area contributed by atoms with Gasteiger partial charge in [-0.2, -0.15) is 0 Å². The van der Waals surface area contributed by atoms with Crippen molar-refractivity contribution in [3.63, 3.8) is 0 Å². The van der Waals surface area contributed by atoms with Crippen molar-refractivity contribution in [1.29, 1.82) is 0 Å². The van der Waals surface area contributed by atoms with Gasteiger partial charge in [0.2, 0.25) is 0 Å². The van der Waals surface area contributed by atoms with Crippen molar-refractivity contribution in [3.05, 3.63) is 84.2 Å². The molecule has 3 nitrogen and oxygen atoms in total. The second-order valence-corrected chi connectivity index (χ2v) is 7.37. The third kappa shape index (κ3) is 4.06. The average Bonchev–Trinajstić information content (AvgIpc) is 2.63. The molecule has 1 N–H and O–H groups in total. The minimum Gasteiger partial charge on any atom is -0.280 e. The van der Waals surface area contributed by atoms with E-state index in [0.717, 1.165) is 17.5 Å². The molecular formula is C20H18FNO2S. The summed E-state index contributed by atoms with van der Waals surface area (Å²) in [5.41, 5.74) is 3.13. The maximum atomic E-state index is 13.1. The quantitative estimate of drug-likeness (QED) is 0.711. The Bertz CT molecular complexity index is 965. The minimum absolute atomic E-state index is 0.161. The van der Waals surface area contributed by atoms with Crippen LogP contribution in [0.3, 0.4) is 0 Å². The molecular weight excluding hydrogens is 337 g/mol. The van der Waals surface area contributed by atoms with Gasteiger partial charge in [0.05, 0.1) is 4.90 Å². The Morgan fingerprint density at radius 1 is 0.880 bits per heavy atom. The first-order chi connectivity index (χ1) is 12.0. The van der Waals surface area contributed by atoms with Crippen LogP contribution in [0.15, 0.2) is 77.7 Å². The van der Waals surface area contributed by atoms with E-state index in [0.29, 0.717) is 11.3 Å². The number of hydrogen-bond donors (Lipinski definition) is 1.